The third kappa shape index (κ3) is 12.1. The van der Waals surface area contributed by atoms with Crippen LogP contribution < -0.4 is 21.3 Å². The van der Waals surface area contributed by atoms with Crippen LogP contribution >= 0.6 is 0 Å². The number of carbonyl (C=O) groups is 2. The molecule has 0 aliphatic heterocycles. The summed E-state index contributed by atoms with van der Waals surface area (Å²) >= 11 is 0. The van der Waals surface area contributed by atoms with Gasteiger partial charge in [0.25, 0.3) is 11.8 Å². The lowest BCUT2D eigenvalue weighted by atomic mass is 9.76. The molecule has 10 aromatic rings. The number of carbonyl (C=O) groups excluding carboxylic acids is 2. The van der Waals surface area contributed by atoms with Crippen molar-refractivity contribution in [1.29, 1.82) is 0 Å². The van der Waals surface area contributed by atoms with E-state index in [4.69, 9.17) is 19.4 Å². The van der Waals surface area contributed by atoms with E-state index in [-0.39, 0.29) is 23.7 Å². The maximum atomic E-state index is 13.6. The quantitative estimate of drug-likeness (QED) is 0.0526. The lowest BCUT2D eigenvalue weighted by Crippen LogP contribution is -2.51. The smallest absolute Gasteiger partial charge is 0.252 e. The van der Waals surface area contributed by atoms with Gasteiger partial charge in [0.1, 0.15) is 22.8 Å². The van der Waals surface area contributed by atoms with Crippen molar-refractivity contribution in [2.45, 2.75) is 114 Å². The molecular weight excluding hydrogens is 1080 g/mol. The third-order valence-corrected chi connectivity index (χ3v) is 15.6. The molecule has 0 unspecified atom stereocenters. The number of fused-ring (bicyclic) bond motifs is 2. The maximum Gasteiger partial charge on any atom is 0.252 e. The summed E-state index contributed by atoms with van der Waals surface area (Å²) in [5.41, 5.74) is 4.59. The van der Waals surface area contributed by atoms with E-state index in [1.165, 1.54) is 21.8 Å². The zero-order chi connectivity index (χ0) is 58.5. The highest BCUT2D eigenvalue weighted by Crippen LogP contribution is 2.44. The Morgan fingerprint density at radius 1 is 0.595 bits per heavy atom. The van der Waals surface area contributed by atoms with Crippen LogP contribution in [0, 0.1) is 25.5 Å². The van der Waals surface area contributed by atoms with Crippen molar-refractivity contribution in [2.75, 3.05) is 24.9 Å². The van der Waals surface area contributed by atoms with Crippen molar-refractivity contribution >= 4 is 56.9 Å². The molecule has 2 saturated carbocycles. The van der Waals surface area contributed by atoms with Crippen molar-refractivity contribution in [3.05, 3.63) is 156 Å². The van der Waals surface area contributed by atoms with E-state index in [0.29, 0.717) is 97.7 Å². The Bertz CT molecular complexity index is 3670. The molecular formula is C58H62F2N20O4. The summed E-state index contributed by atoms with van der Waals surface area (Å²) in [5.74, 6) is 2.40. The standard InChI is InChI=1S/2C29H31FN10O2/c2*1-17-13-24(38-36-17)34-23-14-20-5-4-12-31-26(20)27(35-23)19-8-10-29(42-3,11-9-19)28(41)33-18(2)22-6-7-25(39-37-22)40-16-21(30)15-32-40/h2*4-7,12-16,18-19H,8-11H2,1-3H3,(H,33,41)(H2,34,35,36,38)/t2*18-,19?,29?/m00/s1. The number of aryl methyl sites for hydroxylation is 2. The molecule has 24 nitrogen and oxygen atoms in total. The van der Waals surface area contributed by atoms with Crippen molar-refractivity contribution in [2.24, 2.45) is 0 Å². The van der Waals surface area contributed by atoms with Gasteiger partial charge in [0.15, 0.2) is 34.9 Å². The van der Waals surface area contributed by atoms with Gasteiger partial charge in [-0.1, -0.05) is 12.1 Å². The fourth-order valence-corrected chi connectivity index (χ4v) is 10.9. The Morgan fingerprint density at radius 3 is 1.35 bits per heavy atom. The van der Waals surface area contributed by atoms with Crippen LogP contribution in [0.4, 0.5) is 32.1 Å². The Labute approximate surface area is 480 Å². The molecule has 0 aromatic carbocycles. The van der Waals surface area contributed by atoms with Gasteiger partial charge in [-0.05, 0) is 128 Å². The summed E-state index contributed by atoms with van der Waals surface area (Å²) in [5, 5.41) is 53.5. The highest BCUT2D eigenvalue weighted by Gasteiger charge is 2.45. The fraction of sp³-hybridized carbons (Fsp3) is 0.345. The van der Waals surface area contributed by atoms with Gasteiger partial charge in [-0.15, -0.1) is 10.2 Å². The molecule has 26 heteroatoms. The van der Waals surface area contributed by atoms with E-state index < -0.39 is 34.9 Å². The molecule has 6 N–H and O–H groups in total. The van der Waals surface area contributed by atoms with Crippen LogP contribution in [0.1, 0.15) is 123 Å². The van der Waals surface area contributed by atoms with Crippen LogP contribution in [0.25, 0.3) is 33.4 Å². The lowest BCUT2D eigenvalue weighted by Gasteiger charge is -2.38. The first-order valence-electron chi connectivity index (χ1n) is 27.6. The highest BCUT2D eigenvalue weighted by molar-refractivity contribution is 5.88. The average molecular weight is 1140 g/mol. The number of halogens is 2. The molecule has 10 heterocycles. The minimum absolute atomic E-state index is 0.101. The summed E-state index contributed by atoms with van der Waals surface area (Å²) < 4.78 is 40.9. The monoisotopic (exact) mass is 1140 g/mol. The maximum absolute atomic E-state index is 13.6. The van der Waals surface area contributed by atoms with Crippen LogP contribution in [0.3, 0.4) is 0 Å². The summed E-state index contributed by atoms with van der Waals surface area (Å²) in [6.45, 7) is 7.56. The first kappa shape index (κ1) is 56.3. The van der Waals surface area contributed by atoms with Gasteiger partial charge in [-0.3, -0.25) is 29.8 Å². The molecule has 10 aromatic heterocycles. The second kappa shape index (κ2) is 24.1. The normalized spacial score (nSPS) is 19.5. The van der Waals surface area contributed by atoms with Gasteiger partial charge >= 0.3 is 0 Å². The number of ether oxygens (including phenoxy) is 2. The molecule has 432 valence electrons. The van der Waals surface area contributed by atoms with Gasteiger partial charge in [0.2, 0.25) is 0 Å². The predicted octanol–water partition coefficient (Wildman–Crippen LogP) is 8.88. The lowest BCUT2D eigenvalue weighted by molar-refractivity contribution is -0.149. The van der Waals surface area contributed by atoms with E-state index in [0.717, 1.165) is 57.0 Å². The second-order valence-corrected chi connectivity index (χ2v) is 21.2. The number of nitrogens with one attached hydrogen (secondary N) is 6. The van der Waals surface area contributed by atoms with Crippen LogP contribution in [-0.4, -0.2) is 118 Å². The van der Waals surface area contributed by atoms with E-state index >= 15 is 0 Å². The van der Waals surface area contributed by atoms with Crippen LogP contribution in [0.5, 0.6) is 0 Å². The first-order chi connectivity index (χ1) is 40.7. The summed E-state index contributed by atoms with van der Waals surface area (Å²) in [7, 11) is 3.15. The molecule has 2 fully saturated rings. The third-order valence-electron chi connectivity index (χ3n) is 15.6. The molecule has 2 aliphatic carbocycles. The zero-order valence-electron chi connectivity index (χ0n) is 47.0. The SMILES string of the molecule is COC1(C(=O)N[C@@H](C)c2ccc(-n3cc(F)cn3)nn2)CCC(c2nc(Nc3cc(C)[nH]n3)cc3cccnc23)CC1.COC1(C(=O)N[C@@H](C)c2ccc(-n3cc(F)cn3)nn2)CCC(c2nc(Nc3cc(C)[nH]n3)cc3cccnc23)CC1. The number of rotatable bonds is 16. The zero-order valence-corrected chi connectivity index (χ0v) is 47.0. The van der Waals surface area contributed by atoms with Gasteiger partial charge in [0.05, 0.1) is 70.7 Å². The molecule has 2 atom stereocenters. The Balaban J connectivity index is 0.000000175. The van der Waals surface area contributed by atoms with Crippen LogP contribution in [0.2, 0.25) is 0 Å². The number of aromatic amines is 2. The van der Waals surface area contributed by atoms with Gasteiger partial charge in [0, 0.05) is 72.7 Å². The minimum atomic E-state index is -0.976. The number of hydrogen-bond donors (Lipinski definition) is 6. The summed E-state index contributed by atoms with van der Waals surface area (Å²) in [6.07, 6.45) is 13.1. The second-order valence-electron chi connectivity index (χ2n) is 21.2. The molecule has 0 saturated heterocycles. The topological polar surface area (TPSA) is 297 Å². The highest BCUT2D eigenvalue weighted by atomic mass is 19.1. The van der Waals surface area contributed by atoms with Crippen molar-refractivity contribution in [1.82, 2.24) is 90.9 Å². The van der Waals surface area contributed by atoms with E-state index in [2.05, 4.69) is 82.2 Å². The summed E-state index contributed by atoms with van der Waals surface area (Å²) in [6, 6.07) is 21.6. The minimum Gasteiger partial charge on any atom is -0.368 e. The predicted molar refractivity (Wildman–Crippen MR) is 306 cm³/mol. The molecule has 2 amide bonds. The number of pyridine rings is 4. The number of nitrogens with zero attached hydrogens (tertiary/aromatic N) is 14. The molecule has 0 bridgehead atoms. The molecule has 84 heavy (non-hydrogen) atoms. The molecule has 0 spiro atoms. The Morgan fingerprint density at radius 2 is 1.01 bits per heavy atom. The number of aromatic nitrogens is 16. The molecule has 2 aliphatic rings. The summed E-state index contributed by atoms with van der Waals surface area (Å²) in [4.78, 5) is 46.3. The number of amides is 2. The Kier molecular flexibility index (Phi) is 16.2. The number of methoxy groups -OCH3 is 2. The first-order valence-corrected chi connectivity index (χ1v) is 27.6. The van der Waals surface area contributed by atoms with Crippen molar-refractivity contribution < 1.29 is 27.8 Å². The van der Waals surface area contributed by atoms with Gasteiger partial charge < -0.3 is 30.7 Å². The number of anilines is 4. The van der Waals surface area contributed by atoms with Crippen molar-refractivity contribution in [3.8, 4) is 11.6 Å². The van der Waals surface area contributed by atoms with E-state index in [1.54, 1.807) is 50.9 Å². The molecule has 0 radical (unpaired) electrons. The van der Waals surface area contributed by atoms with Gasteiger partial charge in [-0.25, -0.2) is 28.1 Å². The Hall–Kier alpha value is -9.56. The number of H-pyrrole nitrogens is 2. The van der Waals surface area contributed by atoms with E-state index in [1.807, 2.05) is 76.2 Å². The fourth-order valence-electron chi connectivity index (χ4n) is 10.9. The average Bonchev–Trinajstić information content (AvgIpc) is 2.63. The van der Waals surface area contributed by atoms with Gasteiger partial charge in [-0.2, -0.15) is 30.6 Å². The molecule has 12 rings (SSSR count). The number of hydrogen-bond acceptors (Lipinski definition) is 18. The van der Waals surface area contributed by atoms with E-state index in [9.17, 15) is 18.4 Å². The van der Waals surface area contributed by atoms with Crippen molar-refractivity contribution in [3.63, 3.8) is 0 Å². The van der Waals surface area contributed by atoms with Crippen LogP contribution in [-0.2, 0) is 19.1 Å². The van der Waals surface area contributed by atoms with Crippen LogP contribution in [0.15, 0.2) is 110 Å². The largest absolute Gasteiger partial charge is 0.368 e.